The summed E-state index contributed by atoms with van der Waals surface area (Å²) >= 11 is 0. The van der Waals surface area contributed by atoms with Crippen LogP contribution in [0.2, 0.25) is 0 Å². The number of nitrogens with one attached hydrogen (secondary N) is 3. The van der Waals surface area contributed by atoms with Crippen molar-refractivity contribution in [2.75, 3.05) is 20.8 Å². The number of aryl methyl sites for hydroxylation is 1. The van der Waals surface area contributed by atoms with Crippen molar-refractivity contribution in [2.24, 2.45) is 22.7 Å². The minimum atomic E-state index is -3.90. The number of rotatable bonds is 7. The summed E-state index contributed by atoms with van der Waals surface area (Å²) < 4.78 is 40.0. The smallest absolute Gasteiger partial charge is 0.407 e. The molecular formula is C44H64N4O8S. The molecule has 314 valence electrons. The van der Waals surface area contributed by atoms with Crippen LogP contribution < -0.4 is 15.4 Å². The van der Waals surface area contributed by atoms with Crippen LogP contribution in [0.1, 0.15) is 111 Å². The number of sulfonamides is 1. The third-order valence-corrected chi connectivity index (χ3v) is 14.1. The number of likely N-dealkylation sites (N-methyl/N-ethyl adjacent to an activating group) is 1. The Kier molecular flexibility index (Phi) is 12.9. The minimum Gasteiger partial charge on any atom is -0.449 e. The van der Waals surface area contributed by atoms with Gasteiger partial charge >= 0.3 is 6.09 Å². The Balaban J connectivity index is 1.56. The van der Waals surface area contributed by atoms with E-state index >= 15 is 0 Å². The summed E-state index contributed by atoms with van der Waals surface area (Å²) in [6.07, 6.45) is 4.03. The molecule has 0 aromatic heterocycles. The van der Waals surface area contributed by atoms with E-state index in [2.05, 4.69) is 41.3 Å². The van der Waals surface area contributed by atoms with E-state index in [4.69, 9.17) is 9.47 Å². The molecule has 1 unspecified atom stereocenters. The number of ether oxygens (including phenoxy) is 2. The molecule has 2 bridgehead atoms. The highest BCUT2D eigenvalue weighted by Gasteiger charge is 2.63. The largest absolute Gasteiger partial charge is 0.449 e. The van der Waals surface area contributed by atoms with Gasteiger partial charge in [0.2, 0.25) is 21.8 Å². The molecule has 3 N–H and O–H groups in total. The Hall–Kier alpha value is -3.97. The van der Waals surface area contributed by atoms with Gasteiger partial charge in [0, 0.05) is 20.6 Å². The number of carbonyl (C=O) groups is 4. The number of amides is 4. The molecule has 57 heavy (non-hydrogen) atoms. The van der Waals surface area contributed by atoms with Crippen LogP contribution in [0.15, 0.2) is 48.5 Å². The quantitative estimate of drug-likeness (QED) is 0.287. The maximum absolute atomic E-state index is 14.8. The van der Waals surface area contributed by atoms with Crippen molar-refractivity contribution < 1.29 is 37.1 Å². The van der Waals surface area contributed by atoms with E-state index in [1.807, 2.05) is 77.9 Å². The van der Waals surface area contributed by atoms with Crippen LogP contribution in [0.5, 0.6) is 0 Å². The Morgan fingerprint density at radius 1 is 0.982 bits per heavy atom. The van der Waals surface area contributed by atoms with Gasteiger partial charge in [-0.25, -0.2) is 13.2 Å². The molecule has 2 fully saturated rings. The fraction of sp³-hybridized carbons (Fsp3) is 0.636. The first-order chi connectivity index (χ1) is 26.5. The van der Waals surface area contributed by atoms with E-state index in [9.17, 15) is 27.6 Å². The molecule has 5 atom stereocenters. The summed E-state index contributed by atoms with van der Waals surface area (Å²) in [7, 11) is -0.849. The lowest BCUT2D eigenvalue weighted by atomic mass is 9.84. The predicted octanol–water partition coefficient (Wildman–Crippen LogP) is 6.47. The molecule has 2 aromatic carbocycles. The first-order valence-corrected chi connectivity index (χ1v) is 21.9. The van der Waals surface area contributed by atoms with Crippen LogP contribution in [0, 0.1) is 22.7 Å². The molecule has 12 nitrogen and oxygen atoms in total. The van der Waals surface area contributed by atoms with Gasteiger partial charge in [0.25, 0.3) is 5.91 Å². The molecule has 13 heteroatoms. The fourth-order valence-corrected chi connectivity index (χ4v) is 9.44. The highest BCUT2D eigenvalue weighted by molar-refractivity contribution is 7.91. The maximum atomic E-state index is 14.8. The van der Waals surface area contributed by atoms with E-state index in [-0.39, 0.29) is 36.7 Å². The average molecular weight is 809 g/mol. The number of methoxy groups -OCH3 is 1. The number of nitrogens with zero attached hydrogens (tertiary/aromatic N) is 1. The van der Waals surface area contributed by atoms with Crippen molar-refractivity contribution in [3.63, 3.8) is 0 Å². The zero-order valence-electron chi connectivity index (χ0n) is 35.5. The molecule has 0 spiro atoms. The topological polar surface area (TPSA) is 160 Å². The van der Waals surface area contributed by atoms with Crippen molar-refractivity contribution in [1.29, 1.82) is 0 Å². The Bertz CT molecular complexity index is 1920. The summed E-state index contributed by atoms with van der Waals surface area (Å²) in [6.45, 7) is 15.4. The maximum Gasteiger partial charge on any atom is 0.407 e. The molecule has 2 aliphatic heterocycles. The zero-order valence-corrected chi connectivity index (χ0v) is 36.3. The van der Waals surface area contributed by atoms with Gasteiger partial charge < -0.3 is 25.0 Å². The van der Waals surface area contributed by atoms with Crippen LogP contribution in [0.25, 0.3) is 11.1 Å². The molecule has 0 saturated heterocycles. The molecule has 2 aromatic rings. The second-order valence-electron chi connectivity index (χ2n) is 18.9. The molecule has 2 aliphatic carbocycles. The predicted molar refractivity (Wildman–Crippen MR) is 220 cm³/mol. The Morgan fingerprint density at radius 2 is 1.63 bits per heavy atom. The Morgan fingerprint density at radius 3 is 2.21 bits per heavy atom. The van der Waals surface area contributed by atoms with Crippen LogP contribution in [-0.4, -0.2) is 80.8 Å². The monoisotopic (exact) mass is 808 g/mol. The van der Waals surface area contributed by atoms with Crippen molar-refractivity contribution in [3.05, 3.63) is 59.7 Å². The second-order valence-corrected chi connectivity index (χ2v) is 20.9. The summed E-state index contributed by atoms with van der Waals surface area (Å²) in [5.41, 5.74) is 0.435. The molecule has 6 rings (SSSR count). The van der Waals surface area contributed by atoms with Gasteiger partial charge in [0.15, 0.2) is 0 Å². The van der Waals surface area contributed by atoms with Crippen molar-refractivity contribution in [1.82, 2.24) is 20.3 Å². The SMILES string of the molecule is CO[C@]1(C)CC(C(=O)N[C@]2(C(=O)NS(=O)(=O)C3CC3)C[C@H]2C(C)C)N(C)C(=O)[C@H](C(C)(C)C)NC(=O)OCC(C)(C)CCCCc2ccccc2-c2ccc1cc2. The lowest BCUT2D eigenvalue weighted by Crippen LogP contribution is -2.62. The van der Waals surface area contributed by atoms with Gasteiger partial charge in [-0.3, -0.25) is 19.1 Å². The third kappa shape index (κ3) is 10.2. The van der Waals surface area contributed by atoms with Crippen LogP contribution in [-0.2, 0) is 45.9 Å². The molecule has 4 aliphatic rings. The number of benzene rings is 2. The molecule has 0 radical (unpaired) electrons. The normalized spacial score (nSPS) is 27.7. The number of fused-ring (bicyclic) bond motifs is 16. The first kappa shape index (κ1) is 44.1. The summed E-state index contributed by atoms with van der Waals surface area (Å²) in [5, 5.41) is 5.12. The number of hydrogen-bond acceptors (Lipinski definition) is 8. The molecule has 2 saturated carbocycles. The van der Waals surface area contributed by atoms with E-state index < -0.39 is 67.7 Å². The second kappa shape index (κ2) is 16.7. The minimum absolute atomic E-state index is 0.0343. The van der Waals surface area contributed by atoms with Crippen molar-refractivity contribution >= 4 is 33.8 Å². The van der Waals surface area contributed by atoms with Gasteiger partial charge in [-0.05, 0) is 90.4 Å². The highest BCUT2D eigenvalue weighted by Crippen LogP contribution is 2.49. The lowest BCUT2D eigenvalue weighted by Gasteiger charge is -2.40. The molecule has 4 amide bonds. The average Bonchev–Trinajstić information content (AvgIpc) is 4.08. The Labute approximate surface area is 339 Å². The number of alkyl carbamates (subject to hydrolysis) is 1. The number of hydrogen-bond donors (Lipinski definition) is 3. The van der Waals surface area contributed by atoms with Crippen LogP contribution >= 0.6 is 0 Å². The van der Waals surface area contributed by atoms with Crippen molar-refractivity contribution in [2.45, 2.75) is 135 Å². The standard InChI is InChI=1S/C44H64N4O8S/c1-28(2)34-25-44(34,39(51)47-57(53,54)32-22-23-32)46-37(49)35-26-43(8,55-10)31-20-18-30(19-21-31)33-17-12-11-15-29(33)16-13-14-24-42(6,7)27-56-40(52)45-36(41(3,4)5)38(50)48(35)9/h11-12,15,17-21,28,32,34-36H,13-14,16,22-27H2,1-10H3,(H,45,52)(H,46,49)(H,47,51)/t34-,35?,36+,43+,44+/m0/s1. The molecular weight excluding hydrogens is 745 g/mol. The first-order valence-electron chi connectivity index (χ1n) is 20.4. The van der Waals surface area contributed by atoms with Gasteiger partial charge in [-0.1, -0.05) is 103 Å². The van der Waals surface area contributed by atoms with Crippen LogP contribution in [0.4, 0.5) is 4.79 Å². The van der Waals surface area contributed by atoms with E-state index in [1.165, 1.54) is 17.5 Å². The summed E-state index contributed by atoms with van der Waals surface area (Å²) in [6, 6.07) is 14.0. The summed E-state index contributed by atoms with van der Waals surface area (Å²) in [5.74, 6) is -2.34. The molecule has 2 heterocycles. The van der Waals surface area contributed by atoms with Gasteiger partial charge in [-0.15, -0.1) is 0 Å². The van der Waals surface area contributed by atoms with E-state index in [1.54, 1.807) is 7.11 Å². The number of carbonyl (C=O) groups excluding carboxylic acids is 4. The zero-order chi connectivity index (χ0) is 42.1. The van der Waals surface area contributed by atoms with Crippen LogP contribution in [0.3, 0.4) is 0 Å². The highest BCUT2D eigenvalue weighted by atomic mass is 32.2. The lowest BCUT2D eigenvalue weighted by molar-refractivity contribution is -0.146. The van der Waals surface area contributed by atoms with Gasteiger partial charge in [0.1, 0.15) is 17.6 Å². The van der Waals surface area contributed by atoms with E-state index in [0.29, 0.717) is 12.8 Å². The van der Waals surface area contributed by atoms with Crippen molar-refractivity contribution in [3.8, 4) is 11.1 Å². The van der Waals surface area contributed by atoms with E-state index in [0.717, 1.165) is 42.4 Å². The third-order valence-electron chi connectivity index (χ3n) is 12.3. The summed E-state index contributed by atoms with van der Waals surface area (Å²) in [4.78, 5) is 58.0. The fourth-order valence-electron chi connectivity index (χ4n) is 8.07. The van der Waals surface area contributed by atoms with Gasteiger partial charge in [0.05, 0.1) is 17.5 Å². The van der Waals surface area contributed by atoms with Gasteiger partial charge in [-0.2, -0.15) is 0 Å².